The third kappa shape index (κ3) is 2.42. The van der Waals surface area contributed by atoms with Crippen LogP contribution in [0, 0.1) is 19.8 Å². The number of rotatable bonds is 3. The third-order valence-corrected chi connectivity index (χ3v) is 5.99. The van der Waals surface area contributed by atoms with Crippen molar-refractivity contribution in [1.82, 2.24) is 4.31 Å². The van der Waals surface area contributed by atoms with Crippen molar-refractivity contribution in [3.63, 3.8) is 0 Å². The maximum Gasteiger partial charge on any atom is 0.243 e. The fraction of sp³-hybridized carbons (Fsp3) is 0.571. The molecule has 2 N–H and O–H groups in total. The summed E-state index contributed by atoms with van der Waals surface area (Å²) in [7, 11) is -3.40. The number of benzene rings is 1. The van der Waals surface area contributed by atoms with Crippen LogP contribution in [0.3, 0.4) is 0 Å². The summed E-state index contributed by atoms with van der Waals surface area (Å²) >= 11 is 0. The molecule has 0 unspecified atom stereocenters. The first-order valence-corrected chi connectivity index (χ1v) is 7.97. The van der Waals surface area contributed by atoms with Crippen LogP contribution in [-0.4, -0.2) is 31.4 Å². The minimum atomic E-state index is -3.40. The van der Waals surface area contributed by atoms with Crippen LogP contribution in [0.2, 0.25) is 0 Å². The van der Waals surface area contributed by atoms with E-state index < -0.39 is 10.0 Å². The van der Waals surface area contributed by atoms with Gasteiger partial charge < -0.3 is 5.73 Å². The van der Waals surface area contributed by atoms with Gasteiger partial charge in [-0.15, -0.1) is 0 Å². The van der Waals surface area contributed by atoms with E-state index in [1.807, 2.05) is 39.8 Å². The molecular weight excluding hydrogens is 260 g/mol. The van der Waals surface area contributed by atoms with Gasteiger partial charge in [0.2, 0.25) is 10.0 Å². The van der Waals surface area contributed by atoms with Crippen LogP contribution in [-0.2, 0) is 10.0 Å². The molecule has 5 heteroatoms. The predicted octanol–water partition coefficient (Wildman–Crippen LogP) is 1.66. The van der Waals surface area contributed by atoms with Gasteiger partial charge in [-0.3, -0.25) is 0 Å². The zero-order chi connectivity index (χ0) is 14.4. The number of sulfonamides is 1. The van der Waals surface area contributed by atoms with Gasteiger partial charge in [0.1, 0.15) is 0 Å². The molecule has 0 atom stereocenters. The highest BCUT2D eigenvalue weighted by molar-refractivity contribution is 7.89. The monoisotopic (exact) mass is 282 g/mol. The van der Waals surface area contributed by atoms with Gasteiger partial charge in [-0.1, -0.05) is 31.5 Å². The van der Waals surface area contributed by atoms with Crippen LogP contribution in [0.4, 0.5) is 0 Å². The average Bonchev–Trinajstić information content (AvgIpc) is 2.23. The first-order chi connectivity index (χ1) is 8.67. The number of aryl methyl sites for hydroxylation is 2. The molecule has 4 nitrogen and oxygen atoms in total. The van der Waals surface area contributed by atoms with E-state index in [2.05, 4.69) is 0 Å². The highest BCUT2D eigenvalue weighted by Gasteiger charge is 2.47. The number of hydrogen-bond acceptors (Lipinski definition) is 3. The Morgan fingerprint density at radius 1 is 1.26 bits per heavy atom. The molecule has 1 aliphatic heterocycles. The Morgan fingerprint density at radius 3 is 2.32 bits per heavy atom. The number of hydrogen-bond donors (Lipinski definition) is 1. The Bertz CT molecular complexity index is 587. The zero-order valence-electron chi connectivity index (χ0n) is 12.0. The second-order valence-electron chi connectivity index (χ2n) is 5.93. The molecule has 1 aliphatic rings. The van der Waals surface area contributed by atoms with Crippen molar-refractivity contribution >= 4 is 10.0 Å². The van der Waals surface area contributed by atoms with E-state index in [1.165, 1.54) is 4.31 Å². The molecule has 0 aromatic heterocycles. The van der Waals surface area contributed by atoms with Crippen molar-refractivity contribution < 1.29 is 8.42 Å². The van der Waals surface area contributed by atoms with E-state index in [9.17, 15) is 8.42 Å². The van der Waals surface area contributed by atoms with Gasteiger partial charge in [0.25, 0.3) is 0 Å². The second-order valence-corrected chi connectivity index (χ2v) is 7.84. The Hall–Kier alpha value is -0.910. The van der Waals surface area contributed by atoms with Crippen LogP contribution >= 0.6 is 0 Å². The molecule has 19 heavy (non-hydrogen) atoms. The summed E-state index contributed by atoms with van der Waals surface area (Å²) in [5.74, 6) is 0.276. The Balaban J connectivity index is 2.26. The Morgan fingerprint density at radius 2 is 1.84 bits per heavy atom. The summed E-state index contributed by atoms with van der Waals surface area (Å²) in [6, 6.07) is 5.41. The largest absolute Gasteiger partial charge is 0.323 e. The van der Waals surface area contributed by atoms with Crippen molar-refractivity contribution in [2.75, 3.05) is 13.1 Å². The summed E-state index contributed by atoms with van der Waals surface area (Å²) in [4.78, 5) is 0.393. The molecule has 1 heterocycles. The molecule has 1 fully saturated rings. The summed E-state index contributed by atoms with van der Waals surface area (Å²) in [5, 5.41) is 0. The normalized spacial score (nSPS) is 19.5. The lowest BCUT2D eigenvalue weighted by atomic mass is 9.82. The molecule has 0 saturated carbocycles. The molecule has 2 rings (SSSR count). The number of nitrogens with zero attached hydrogens (tertiary/aromatic N) is 1. The molecule has 1 aromatic carbocycles. The molecular formula is C14H22N2O2S. The molecule has 0 radical (unpaired) electrons. The summed E-state index contributed by atoms with van der Waals surface area (Å²) in [6.07, 6.45) is 0. The molecule has 1 saturated heterocycles. The van der Waals surface area contributed by atoms with E-state index in [-0.39, 0.29) is 11.5 Å². The van der Waals surface area contributed by atoms with E-state index in [4.69, 9.17) is 5.73 Å². The van der Waals surface area contributed by atoms with Crippen molar-refractivity contribution in [3.05, 3.63) is 29.3 Å². The van der Waals surface area contributed by atoms with Crippen molar-refractivity contribution in [2.24, 2.45) is 11.7 Å². The van der Waals surface area contributed by atoms with Gasteiger partial charge in [-0.2, -0.15) is 4.31 Å². The Kier molecular flexibility index (Phi) is 3.49. The lowest BCUT2D eigenvalue weighted by Crippen LogP contribution is -2.70. The van der Waals surface area contributed by atoms with Crippen LogP contribution in [0.15, 0.2) is 23.1 Å². The van der Waals surface area contributed by atoms with E-state index in [0.717, 1.165) is 11.1 Å². The molecule has 1 aromatic rings. The van der Waals surface area contributed by atoms with Gasteiger partial charge >= 0.3 is 0 Å². The van der Waals surface area contributed by atoms with Crippen LogP contribution < -0.4 is 5.73 Å². The summed E-state index contributed by atoms with van der Waals surface area (Å²) < 4.78 is 26.5. The fourth-order valence-corrected chi connectivity index (χ4v) is 4.18. The number of nitrogens with two attached hydrogens (primary N) is 1. The first kappa shape index (κ1) is 14.5. The molecule has 0 bridgehead atoms. The molecule has 0 spiro atoms. The van der Waals surface area contributed by atoms with E-state index in [0.29, 0.717) is 18.0 Å². The van der Waals surface area contributed by atoms with E-state index in [1.54, 1.807) is 6.07 Å². The van der Waals surface area contributed by atoms with Gasteiger partial charge in [-0.25, -0.2) is 8.42 Å². The van der Waals surface area contributed by atoms with E-state index >= 15 is 0 Å². The SMILES string of the molecule is Cc1ccc(S(=O)(=O)N2CC(N)(C(C)C)C2)c(C)c1. The second kappa shape index (κ2) is 4.58. The quantitative estimate of drug-likeness (QED) is 0.917. The lowest BCUT2D eigenvalue weighted by molar-refractivity contribution is 0.110. The lowest BCUT2D eigenvalue weighted by Gasteiger charge is -2.49. The summed E-state index contributed by atoms with van der Waals surface area (Å²) in [5.41, 5.74) is 7.64. The fourth-order valence-electron chi connectivity index (χ4n) is 2.37. The molecule has 0 amide bonds. The van der Waals surface area contributed by atoms with Crippen molar-refractivity contribution in [2.45, 2.75) is 38.1 Å². The average molecular weight is 282 g/mol. The van der Waals surface area contributed by atoms with Crippen LogP contribution in [0.5, 0.6) is 0 Å². The van der Waals surface area contributed by atoms with Crippen molar-refractivity contribution in [1.29, 1.82) is 0 Å². The maximum atomic E-state index is 12.5. The zero-order valence-corrected chi connectivity index (χ0v) is 12.8. The smallest absolute Gasteiger partial charge is 0.243 e. The topological polar surface area (TPSA) is 63.4 Å². The van der Waals surface area contributed by atoms with Crippen molar-refractivity contribution in [3.8, 4) is 0 Å². The van der Waals surface area contributed by atoms with Gasteiger partial charge in [0.15, 0.2) is 0 Å². The standard InChI is InChI=1S/C14H22N2O2S/c1-10(2)14(15)8-16(9-14)19(17,18)13-6-5-11(3)7-12(13)4/h5-7,10H,8-9,15H2,1-4H3. The van der Waals surface area contributed by atoms with Gasteiger partial charge in [0, 0.05) is 18.6 Å². The van der Waals surface area contributed by atoms with Crippen LogP contribution in [0.25, 0.3) is 0 Å². The van der Waals surface area contributed by atoms with Gasteiger partial charge in [-0.05, 0) is 31.4 Å². The maximum absolute atomic E-state index is 12.5. The first-order valence-electron chi connectivity index (χ1n) is 6.53. The minimum absolute atomic E-state index is 0.276. The third-order valence-electron chi connectivity index (χ3n) is 4.04. The minimum Gasteiger partial charge on any atom is -0.323 e. The molecule has 106 valence electrons. The van der Waals surface area contributed by atoms with Gasteiger partial charge in [0.05, 0.1) is 4.90 Å². The predicted molar refractivity (Wildman–Crippen MR) is 76.4 cm³/mol. The Labute approximate surface area is 115 Å². The van der Waals surface area contributed by atoms with Crippen LogP contribution in [0.1, 0.15) is 25.0 Å². The highest BCUT2D eigenvalue weighted by Crippen LogP contribution is 2.32. The molecule has 0 aliphatic carbocycles. The summed E-state index contributed by atoms with van der Waals surface area (Å²) in [6.45, 7) is 8.65. The highest BCUT2D eigenvalue weighted by atomic mass is 32.2.